The molecule has 8 rings (SSSR count). The molecule has 0 unspecified atom stereocenters. The van der Waals surface area contributed by atoms with Crippen molar-refractivity contribution >= 4 is 38.0 Å². The summed E-state index contributed by atoms with van der Waals surface area (Å²) in [6.07, 6.45) is 6.96. The minimum Gasteiger partial charge on any atom is -0.248 e. The molecular weight excluding hydrogens is 482 g/mol. The Balaban J connectivity index is 1.45. The van der Waals surface area contributed by atoms with E-state index in [4.69, 9.17) is 4.98 Å². The van der Waals surface area contributed by atoms with Crippen LogP contribution in [0.5, 0.6) is 0 Å². The highest BCUT2D eigenvalue weighted by atomic mass is 14.7. The van der Waals surface area contributed by atoms with Crippen LogP contribution in [-0.4, -0.2) is 4.98 Å². The van der Waals surface area contributed by atoms with Crippen molar-refractivity contribution in [3.63, 3.8) is 0 Å². The van der Waals surface area contributed by atoms with Crippen LogP contribution in [-0.2, 0) is 5.41 Å². The quantitative estimate of drug-likeness (QED) is 0.210. The fraction of sp³-hybridized carbons (Fsp3) is 0.154. The van der Waals surface area contributed by atoms with E-state index in [0.29, 0.717) is 0 Å². The number of aryl methyl sites for hydroxylation is 1. The molecule has 0 amide bonds. The van der Waals surface area contributed by atoms with Gasteiger partial charge in [0.1, 0.15) is 0 Å². The molecule has 0 atom stereocenters. The molecule has 5 aromatic carbocycles. The summed E-state index contributed by atoms with van der Waals surface area (Å²) in [5.74, 6) is 0. The average Bonchev–Trinajstić information content (AvgIpc) is 3.21. The lowest BCUT2D eigenvalue weighted by atomic mass is 9.79. The van der Waals surface area contributed by atoms with Gasteiger partial charge in [0.05, 0.1) is 11.2 Å². The van der Waals surface area contributed by atoms with Crippen LogP contribution in [0.25, 0.3) is 60.4 Å². The van der Waals surface area contributed by atoms with E-state index >= 15 is 0 Å². The molecule has 0 radical (unpaired) electrons. The Bertz CT molecular complexity index is 2090. The predicted octanol–water partition coefficient (Wildman–Crippen LogP) is 10.6. The van der Waals surface area contributed by atoms with Gasteiger partial charge in [-0.25, -0.2) is 4.98 Å². The lowest BCUT2D eigenvalue weighted by Crippen LogP contribution is -2.16. The van der Waals surface area contributed by atoms with Crippen LogP contribution < -0.4 is 0 Å². The molecule has 192 valence electrons. The smallest absolute Gasteiger partial charge is 0.0722 e. The molecule has 1 heterocycles. The largest absolute Gasteiger partial charge is 0.248 e. The van der Waals surface area contributed by atoms with E-state index in [2.05, 4.69) is 130 Å². The zero-order valence-corrected chi connectivity index (χ0v) is 23.3. The molecule has 6 aromatic rings. The van der Waals surface area contributed by atoms with Gasteiger partial charge in [-0.1, -0.05) is 110 Å². The number of para-hydroxylation sites is 1. The highest BCUT2D eigenvalue weighted by Crippen LogP contribution is 2.52. The van der Waals surface area contributed by atoms with Crippen molar-refractivity contribution in [3.05, 3.63) is 131 Å². The Kier molecular flexibility index (Phi) is 4.97. The first kappa shape index (κ1) is 23.4. The lowest BCUT2D eigenvalue weighted by Gasteiger charge is -2.24. The van der Waals surface area contributed by atoms with Gasteiger partial charge in [-0.3, -0.25) is 0 Å². The molecule has 0 aliphatic heterocycles. The van der Waals surface area contributed by atoms with Crippen LogP contribution in [0.1, 0.15) is 43.4 Å². The number of pyridine rings is 1. The molecule has 2 aliphatic rings. The monoisotopic (exact) mass is 513 g/mol. The second-order valence-corrected chi connectivity index (χ2v) is 12.0. The summed E-state index contributed by atoms with van der Waals surface area (Å²) >= 11 is 0. The van der Waals surface area contributed by atoms with Crippen molar-refractivity contribution < 1.29 is 0 Å². The number of aromatic nitrogens is 1. The third-order valence-electron chi connectivity index (χ3n) is 9.18. The minimum atomic E-state index is 0.0481. The van der Waals surface area contributed by atoms with E-state index in [9.17, 15) is 0 Å². The number of nitrogens with zero attached hydrogens (tertiary/aromatic N) is 1. The van der Waals surface area contributed by atoms with Crippen LogP contribution in [0.4, 0.5) is 0 Å². The molecule has 2 aliphatic carbocycles. The molecule has 1 heteroatoms. The fourth-order valence-corrected chi connectivity index (χ4v) is 7.25. The van der Waals surface area contributed by atoms with Crippen molar-refractivity contribution in [2.75, 3.05) is 0 Å². The Morgan fingerprint density at radius 3 is 2.35 bits per heavy atom. The third kappa shape index (κ3) is 3.31. The molecule has 1 aromatic heterocycles. The Morgan fingerprint density at radius 2 is 1.48 bits per heavy atom. The first-order valence-corrected chi connectivity index (χ1v) is 14.4. The highest BCUT2D eigenvalue weighted by molar-refractivity contribution is 6.21. The SMILES string of the molecule is Cc1ccc2c(-c3ccc4ccccc4n3)c3ccccc3c(-c3ccc4c(c3)C3=C(C=CCC3)C4(C)C)c2c1. The third-order valence-corrected chi connectivity index (χ3v) is 9.18. The number of hydrogen-bond acceptors (Lipinski definition) is 1. The highest BCUT2D eigenvalue weighted by Gasteiger charge is 2.37. The van der Waals surface area contributed by atoms with Crippen LogP contribution in [0, 0.1) is 6.92 Å². The summed E-state index contributed by atoms with van der Waals surface area (Å²) in [7, 11) is 0. The van der Waals surface area contributed by atoms with E-state index < -0.39 is 0 Å². The first-order chi connectivity index (χ1) is 19.5. The van der Waals surface area contributed by atoms with Crippen molar-refractivity contribution in [1.29, 1.82) is 0 Å². The van der Waals surface area contributed by atoms with Crippen LogP contribution in [0.15, 0.2) is 115 Å². The zero-order valence-electron chi connectivity index (χ0n) is 23.3. The average molecular weight is 514 g/mol. The maximum Gasteiger partial charge on any atom is 0.0722 e. The van der Waals surface area contributed by atoms with Gasteiger partial charge in [0.25, 0.3) is 0 Å². The van der Waals surface area contributed by atoms with Gasteiger partial charge in [-0.05, 0) is 92.9 Å². The van der Waals surface area contributed by atoms with Gasteiger partial charge < -0.3 is 0 Å². The molecule has 0 saturated heterocycles. The van der Waals surface area contributed by atoms with Crippen LogP contribution in [0.2, 0.25) is 0 Å². The second-order valence-electron chi connectivity index (χ2n) is 12.0. The summed E-state index contributed by atoms with van der Waals surface area (Å²) in [6.45, 7) is 6.95. The summed E-state index contributed by atoms with van der Waals surface area (Å²) in [5.41, 5.74) is 13.1. The molecule has 0 N–H and O–H groups in total. The topological polar surface area (TPSA) is 12.9 Å². The molecular formula is C39H31N. The Hall–Kier alpha value is -4.49. The normalized spacial score (nSPS) is 15.7. The zero-order chi connectivity index (χ0) is 27.0. The van der Waals surface area contributed by atoms with Crippen molar-refractivity contribution in [2.45, 2.75) is 39.0 Å². The number of benzene rings is 5. The number of hydrogen-bond donors (Lipinski definition) is 0. The molecule has 0 saturated carbocycles. The molecule has 1 nitrogen and oxygen atoms in total. The minimum absolute atomic E-state index is 0.0481. The second kappa shape index (κ2) is 8.50. The van der Waals surface area contributed by atoms with Crippen molar-refractivity contribution in [1.82, 2.24) is 4.98 Å². The van der Waals surface area contributed by atoms with Crippen molar-refractivity contribution in [3.8, 4) is 22.4 Å². The van der Waals surface area contributed by atoms with E-state index in [1.54, 1.807) is 0 Å². The van der Waals surface area contributed by atoms with E-state index in [-0.39, 0.29) is 5.41 Å². The Labute approximate surface area is 235 Å². The van der Waals surface area contributed by atoms with Crippen molar-refractivity contribution in [2.24, 2.45) is 0 Å². The summed E-state index contributed by atoms with van der Waals surface area (Å²) < 4.78 is 0. The maximum absolute atomic E-state index is 5.17. The number of allylic oxidation sites excluding steroid dienone is 4. The number of rotatable bonds is 2. The van der Waals surface area contributed by atoms with E-state index in [0.717, 1.165) is 24.1 Å². The molecule has 40 heavy (non-hydrogen) atoms. The van der Waals surface area contributed by atoms with Crippen LogP contribution >= 0.6 is 0 Å². The molecule has 0 spiro atoms. The standard InChI is InChI=1S/C39H31N/c1-24-16-19-30-32(22-24)37(26-17-20-34-31(23-26)27-11-7-8-14-33(27)39(34,2)3)28-12-5-6-13-29(28)38(30)36-21-18-25-10-4-9-15-35(25)40-36/h4-6,8-10,12-23H,7,11H2,1-3H3. The van der Waals surface area contributed by atoms with Gasteiger partial charge in [0.2, 0.25) is 0 Å². The molecule has 0 fully saturated rings. The van der Waals surface area contributed by atoms with Gasteiger partial charge in [0.15, 0.2) is 0 Å². The maximum atomic E-state index is 5.17. The van der Waals surface area contributed by atoms with E-state index in [1.165, 1.54) is 71.5 Å². The molecule has 0 bridgehead atoms. The summed E-state index contributed by atoms with van der Waals surface area (Å²) in [6, 6.07) is 35.8. The fourth-order valence-electron chi connectivity index (χ4n) is 7.25. The van der Waals surface area contributed by atoms with Crippen LogP contribution in [0.3, 0.4) is 0 Å². The van der Waals surface area contributed by atoms with Gasteiger partial charge in [0, 0.05) is 16.4 Å². The number of fused-ring (bicyclic) bond motifs is 5. The Morgan fingerprint density at radius 1 is 0.700 bits per heavy atom. The van der Waals surface area contributed by atoms with E-state index in [1.807, 2.05) is 0 Å². The predicted molar refractivity (Wildman–Crippen MR) is 171 cm³/mol. The van der Waals surface area contributed by atoms with Gasteiger partial charge in [-0.2, -0.15) is 0 Å². The van der Waals surface area contributed by atoms with Gasteiger partial charge >= 0.3 is 0 Å². The lowest BCUT2D eigenvalue weighted by molar-refractivity contribution is 0.651. The summed E-state index contributed by atoms with van der Waals surface area (Å²) in [5, 5.41) is 6.24. The summed E-state index contributed by atoms with van der Waals surface area (Å²) in [4.78, 5) is 5.17. The van der Waals surface area contributed by atoms with Gasteiger partial charge in [-0.15, -0.1) is 0 Å². The first-order valence-electron chi connectivity index (χ1n) is 14.4.